The molecule has 10 heteroatoms. The summed E-state index contributed by atoms with van der Waals surface area (Å²) in [6.45, 7) is 0.366. The second-order valence-electron chi connectivity index (χ2n) is 4.30. The summed E-state index contributed by atoms with van der Waals surface area (Å²) >= 11 is 0. The summed E-state index contributed by atoms with van der Waals surface area (Å²) in [4.78, 5) is 3.92. The van der Waals surface area contributed by atoms with E-state index in [9.17, 15) is 13.2 Å². The maximum absolute atomic E-state index is 12.7. The molecule has 2 rings (SSSR count). The van der Waals surface area contributed by atoms with Gasteiger partial charge >= 0.3 is 6.18 Å². The van der Waals surface area contributed by atoms with Crippen LogP contribution in [0.5, 0.6) is 0 Å². The first-order valence-electron chi connectivity index (χ1n) is 6.03. The van der Waals surface area contributed by atoms with E-state index in [-0.39, 0.29) is 11.6 Å². The molecule has 2 aromatic heterocycles. The Kier molecular flexibility index (Phi) is 4.26. The Labute approximate surface area is 118 Å². The van der Waals surface area contributed by atoms with E-state index < -0.39 is 11.7 Å². The van der Waals surface area contributed by atoms with E-state index in [2.05, 4.69) is 25.9 Å². The number of pyridine rings is 1. The van der Waals surface area contributed by atoms with Gasteiger partial charge in [0.1, 0.15) is 23.8 Å². The molecule has 4 N–H and O–H groups in total. The Morgan fingerprint density at radius 2 is 2.00 bits per heavy atom. The number of nitrogens with two attached hydrogens (primary N) is 1. The summed E-state index contributed by atoms with van der Waals surface area (Å²) in [5.41, 5.74) is 1.29. The van der Waals surface area contributed by atoms with Gasteiger partial charge < -0.3 is 15.3 Å². The number of aromatic nitrogens is 4. The lowest BCUT2D eigenvalue weighted by molar-refractivity contribution is -0.137. The van der Waals surface area contributed by atoms with E-state index in [0.717, 1.165) is 12.1 Å². The summed E-state index contributed by atoms with van der Waals surface area (Å²) < 4.78 is 39.9. The third-order valence-electron chi connectivity index (χ3n) is 2.76. The molecule has 0 saturated heterocycles. The normalized spacial score (nSPS) is 11.5. The average molecular weight is 301 g/mol. The summed E-state index contributed by atoms with van der Waals surface area (Å²) in [7, 11) is 1.79. The first-order valence-corrected chi connectivity index (χ1v) is 6.03. The Balaban J connectivity index is 2.07. The van der Waals surface area contributed by atoms with Crippen molar-refractivity contribution in [3.63, 3.8) is 0 Å². The van der Waals surface area contributed by atoms with Crippen molar-refractivity contribution in [2.45, 2.75) is 12.6 Å². The van der Waals surface area contributed by atoms with E-state index in [1.165, 1.54) is 0 Å². The lowest BCUT2D eigenvalue weighted by atomic mass is 10.2. The average Bonchev–Trinajstić information content (AvgIpc) is 2.83. The molecule has 21 heavy (non-hydrogen) atoms. The van der Waals surface area contributed by atoms with Crippen LogP contribution in [0.3, 0.4) is 0 Å². The molecule has 0 bridgehead atoms. The van der Waals surface area contributed by atoms with Gasteiger partial charge in [0.2, 0.25) is 0 Å². The molecule has 0 aliphatic heterocycles. The highest BCUT2D eigenvalue weighted by molar-refractivity contribution is 5.49. The van der Waals surface area contributed by atoms with Crippen LogP contribution < -0.4 is 16.6 Å². The Morgan fingerprint density at radius 3 is 2.57 bits per heavy atom. The molecule has 0 aliphatic carbocycles. The topological polar surface area (TPSA) is 93.7 Å². The lowest BCUT2D eigenvalue weighted by Gasteiger charge is -2.12. The molecule has 0 saturated carbocycles. The number of nitrogens with zero attached hydrogens (tertiary/aromatic N) is 4. The standard InChI is InChI=1S/C11H14F3N7/c1-21-6-17-20-10(21)2-3-16-8-4-7(11(12,13)14)5-9(18-8)19-15/h4-6H,2-3,15H2,1H3,(H2,16,18,19). The maximum Gasteiger partial charge on any atom is 0.416 e. The number of hydrogen-bond acceptors (Lipinski definition) is 6. The van der Waals surface area contributed by atoms with Crippen molar-refractivity contribution >= 4 is 11.6 Å². The number of aryl methyl sites for hydroxylation is 1. The summed E-state index contributed by atoms with van der Waals surface area (Å²) in [5, 5.41) is 10.4. The fourth-order valence-corrected chi connectivity index (χ4v) is 1.69. The molecule has 0 aromatic carbocycles. The van der Waals surface area contributed by atoms with Crippen molar-refractivity contribution in [1.82, 2.24) is 19.7 Å². The highest BCUT2D eigenvalue weighted by Crippen LogP contribution is 2.31. The van der Waals surface area contributed by atoms with Gasteiger partial charge in [-0.2, -0.15) is 13.2 Å². The molecule has 2 heterocycles. The van der Waals surface area contributed by atoms with Crippen molar-refractivity contribution in [3.8, 4) is 0 Å². The summed E-state index contributed by atoms with van der Waals surface area (Å²) in [6.07, 6.45) is -2.41. The van der Waals surface area contributed by atoms with Gasteiger partial charge in [0.05, 0.1) is 5.56 Å². The number of anilines is 2. The van der Waals surface area contributed by atoms with Gasteiger partial charge in [-0.25, -0.2) is 10.8 Å². The Hall–Kier alpha value is -2.36. The third kappa shape index (κ3) is 3.81. The summed E-state index contributed by atoms with van der Waals surface area (Å²) in [6, 6.07) is 1.77. The van der Waals surface area contributed by atoms with Crippen molar-refractivity contribution in [3.05, 3.63) is 29.8 Å². The van der Waals surface area contributed by atoms with Gasteiger partial charge in [0.15, 0.2) is 0 Å². The fraction of sp³-hybridized carbons (Fsp3) is 0.364. The number of rotatable bonds is 5. The highest BCUT2D eigenvalue weighted by atomic mass is 19.4. The highest BCUT2D eigenvalue weighted by Gasteiger charge is 2.31. The molecule has 7 nitrogen and oxygen atoms in total. The number of nitrogen functional groups attached to an aromatic ring is 1. The van der Waals surface area contributed by atoms with Crippen LogP contribution in [0.2, 0.25) is 0 Å². The van der Waals surface area contributed by atoms with Crippen LogP contribution in [-0.4, -0.2) is 26.3 Å². The second kappa shape index (κ2) is 5.95. The van der Waals surface area contributed by atoms with Gasteiger partial charge in [-0.05, 0) is 12.1 Å². The number of hydrazine groups is 1. The third-order valence-corrected chi connectivity index (χ3v) is 2.76. The number of halogens is 3. The van der Waals surface area contributed by atoms with E-state index in [4.69, 9.17) is 5.84 Å². The predicted molar refractivity (Wildman–Crippen MR) is 70.2 cm³/mol. The van der Waals surface area contributed by atoms with E-state index in [1.54, 1.807) is 17.9 Å². The monoisotopic (exact) mass is 301 g/mol. The largest absolute Gasteiger partial charge is 0.416 e. The van der Waals surface area contributed by atoms with E-state index in [1.807, 2.05) is 0 Å². The minimum Gasteiger partial charge on any atom is -0.370 e. The second-order valence-corrected chi connectivity index (χ2v) is 4.30. The molecule has 2 aromatic rings. The first-order chi connectivity index (χ1) is 9.90. The quantitative estimate of drug-likeness (QED) is 0.567. The van der Waals surface area contributed by atoms with Crippen LogP contribution in [0.1, 0.15) is 11.4 Å². The molecule has 0 fully saturated rings. The van der Waals surface area contributed by atoms with Crippen molar-refractivity contribution in [2.24, 2.45) is 12.9 Å². The Morgan fingerprint density at radius 1 is 1.29 bits per heavy atom. The van der Waals surface area contributed by atoms with Gasteiger partial charge in [-0.3, -0.25) is 0 Å². The molecule has 0 aliphatic rings. The smallest absolute Gasteiger partial charge is 0.370 e. The van der Waals surface area contributed by atoms with Gasteiger partial charge in [0, 0.05) is 20.0 Å². The van der Waals surface area contributed by atoms with Gasteiger partial charge in [-0.1, -0.05) is 0 Å². The number of hydrogen-bond donors (Lipinski definition) is 3. The molecule has 0 unspecified atom stereocenters. The van der Waals surface area contributed by atoms with Crippen LogP contribution in [0, 0.1) is 0 Å². The predicted octanol–water partition coefficient (Wildman–Crippen LogP) is 1.17. The van der Waals surface area contributed by atoms with E-state index in [0.29, 0.717) is 18.8 Å². The summed E-state index contributed by atoms with van der Waals surface area (Å²) in [5.74, 6) is 5.86. The van der Waals surface area contributed by atoms with Crippen LogP contribution in [0.25, 0.3) is 0 Å². The fourth-order valence-electron chi connectivity index (χ4n) is 1.69. The molecule has 0 spiro atoms. The molecular weight excluding hydrogens is 287 g/mol. The number of alkyl halides is 3. The van der Waals surface area contributed by atoms with Crippen LogP contribution >= 0.6 is 0 Å². The molecule has 114 valence electrons. The molecule has 0 atom stereocenters. The zero-order chi connectivity index (χ0) is 15.5. The molecule has 0 radical (unpaired) electrons. The number of nitrogens with one attached hydrogen (secondary N) is 2. The maximum atomic E-state index is 12.7. The van der Waals surface area contributed by atoms with Gasteiger partial charge in [0.25, 0.3) is 0 Å². The lowest BCUT2D eigenvalue weighted by Crippen LogP contribution is -2.15. The minimum atomic E-state index is -4.46. The zero-order valence-electron chi connectivity index (χ0n) is 11.1. The molecule has 0 amide bonds. The van der Waals surface area contributed by atoms with Crippen LogP contribution in [0.4, 0.5) is 24.8 Å². The van der Waals surface area contributed by atoms with Crippen molar-refractivity contribution in [1.29, 1.82) is 0 Å². The van der Waals surface area contributed by atoms with Crippen molar-refractivity contribution < 1.29 is 13.2 Å². The van der Waals surface area contributed by atoms with Gasteiger partial charge in [-0.15, -0.1) is 10.2 Å². The van der Waals surface area contributed by atoms with Crippen LogP contribution in [0.15, 0.2) is 18.5 Å². The SMILES string of the molecule is Cn1cnnc1CCNc1cc(C(F)(F)F)cc(NN)n1. The Bertz CT molecular complexity index is 608. The first kappa shape index (κ1) is 15.0. The van der Waals surface area contributed by atoms with Crippen LogP contribution in [-0.2, 0) is 19.6 Å². The zero-order valence-corrected chi connectivity index (χ0v) is 11.1. The molecular formula is C11H14F3N7. The minimum absolute atomic E-state index is 0.0639. The van der Waals surface area contributed by atoms with E-state index >= 15 is 0 Å². The van der Waals surface area contributed by atoms with Crippen molar-refractivity contribution in [2.75, 3.05) is 17.3 Å².